The van der Waals surface area contributed by atoms with Gasteiger partial charge in [0.1, 0.15) is 0 Å². The zero-order valence-corrected chi connectivity index (χ0v) is 13.7. The van der Waals surface area contributed by atoms with Crippen LogP contribution in [0.3, 0.4) is 0 Å². The number of hydrogen-bond acceptors (Lipinski definition) is 8. The number of primary amides is 1. The second-order valence-electron chi connectivity index (χ2n) is 4.57. The average Bonchev–Trinajstić information content (AvgIpc) is 2.35. The fourth-order valence-corrected chi connectivity index (χ4v) is 2.45. The van der Waals surface area contributed by atoms with Crippen molar-refractivity contribution in [2.75, 3.05) is 6.61 Å². The highest BCUT2D eigenvalue weighted by atomic mass is 79.9. The summed E-state index contributed by atoms with van der Waals surface area (Å²) < 4.78 is 18.4. The number of carbonyl (C=O) groups is 4. The van der Waals surface area contributed by atoms with E-state index in [1.165, 1.54) is 0 Å². The molecule has 1 amide bonds. The van der Waals surface area contributed by atoms with Gasteiger partial charge in [-0.25, -0.2) is 0 Å². The Morgan fingerprint density at radius 1 is 1.05 bits per heavy atom. The number of nitrogens with two attached hydrogens (primary N) is 1. The first-order chi connectivity index (χ1) is 10.1. The third-order valence-corrected chi connectivity index (χ3v) is 3.81. The van der Waals surface area contributed by atoms with E-state index >= 15 is 0 Å². The Morgan fingerprint density at radius 2 is 1.55 bits per heavy atom. The van der Waals surface area contributed by atoms with Crippen molar-refractivity contribution in [3.05, 3.63) is 0 Å². The normalized spacial score (nSPS) is 31.0. The van der Waals surface area contributed by atoms with Gasteiger partial charge in [-0.05, 0) is 15.9 Å². The molecule has 0 aromatic heterocycles. The van der Waals surface area contributed by atoms with Crippen LogP contribution in [0, 0.1) is 0 Å². The minimum absolute atomic E-state index is 0.288. The number of halogens is 1. The third kappa shape index (κ3) is 4.17. The van der Waals surface area contributed by atoms with Crippen molar-refractivity contribution in [1.29, 1.82) is 0 Å². The summed E-state index contributed by atoms with van der Waals surface area (Å²) in [6, 6.07) is 0. The molecule has 1 heterocycles. The Kier molecular flexibility index (Phi) is 5.89. The second kappa shape index (κ2) is 7.05. The van der Waals surface area contributed by atoms with Crippen LogP contribution in [-0.4, -0.2) is 53.2 Å². The van der Waals surface area contributed by atoms with Gasteiger partial charge in [0.2, 0.25) is 4.51 Å². The molecule has 1 saturated heterocycles. The zero-order chi connectivity index (χ0) is 17.1. The molecule has 0 radical (unpaired) electrons. The summed E-state index contributed by atoms with van der Waals surface area (Å²) >= 11 is 2.97. The Hall–Kier alpha value is -1.68. The summed E-state index contributed by atoms with van der Waals surface area (Å²) in [6.07, 6.45) is -3.74. The Bertz CT molecular complexity index is 496. The van der Waals surface area contributed by atoms with Crippen LogP contribution in [0.15, 0.2) is 0 Å². The molecular formula is C12H16BrNO8. The van der Waals surface area contributed by atoms with Crippen molar-refractivity contribution in [3.63, 3.8) is 0 Å². The standard InChI is InChI=1S/C12H16BrNO8/c1-5(15)20-8-4-19-12(13,11(14)18)10(22-7(3)17)9(8)21-6(2)16/h8-10H,4H2,1-3H3,(H2,14,18)/t8-,9+,10-,12-/m1/s1. The number of alkyl halides is 1. The first-order valence-corrected chi connectivity index (χ1v) is 7.01. The van der Waals surface area contributed by atoms with Crippen LogP contribution in [0.25, 0.3) is 0 Å². The van der Waals surface area contributed by atoms with Crippen LogP contribution in [0.5, 0.6) is 0 Å². The predicted octanol–water partition coefficient (Wildman–Crippen LogP) is -0.612. The van der Waals surface area contributed by atoms with Gasteiger partial charge in [-0.3, -0.25) is 19.2 Å². The molecule has 0 saturated carbocycles. The lowest BCUT2D eigenvalue weighted by Gasteiger charge is -2.43. The lowest BCUT2D eigenvalue weighted by atomic mass is 9.98. The maximum absolute atomic E-state index is 11.6. The minimum atomic E-state index is -1.91. The van der Waals surface area contributed by atoms with Crippen LogP contribution in [0.4, 0.5) is 0 Å². The smallest absolute Gasteiger partial charge is 0.303 e. The van der Waals surface area contributed by atoms with Crippen LogP contribution in [0.1, 0.15) is 20.8 Å². The van der Waals surface area contributed by atoms with Gasteiger partial charge in [-0.1, -0.05) is 0 Å². The van der Waals surface area contributed by atoms with Crippen molar-refractivity contribution in [2.45, 2.75) is 43.6 Å². The molecule has 124 valence electrons. The fourth-order valence-electron chi connectivity index (χ4n) is 1.96. The minimum Gasteiger partial charge on any atom is -0.456 e. The van der Waals surface area contributed by atoms with Crippen molar-refractivity contribution in [2.24, 2.45) is 5.73 Å². The van der Waals surface area contributed by atoms with E-state index < -0.39 is 46.6 Å². The maximum atomic E-state index is 11.6. The topological polar surface area (TPSA) is 131 Å². The van der Waals surface area contributed by atoms with Crippen molar-refractivity contribution in [1.82, 2.24) is 0 Å². The summed E-state index contributed by atoms with van der Waals surface area (Å²) in [5, 5.41) is 0. The van der Waals surface area contributed by atoms with E-state index in [1.807, 2.05) is 0 Å². The summed E-state index contributed by atoms with van der Waals surface area (Å²) in [6.45, 7) is 3.07. The van der Waals surface area contributed by atoms with Gasteiger partial charge < -0.3 is 24.7 Å². The molecule has 0 aliphatic carbocycles. The quantitative estimate of drug-likeness (QED) is 0.387. The monoisotopic (exact) mass is 381 g/mol. The molecule has 0 bridgehead atoms. The van der Waals surface area contributed by atoms with Gasteiger partial charge in [-0.2, -0.15) is 0 Å². The lowest BCUT2D eigenvalue weighted by Crippen LogP contribution is -2.65. The average molecular weight is 382 g/mol. The molecule has 2 N–H and O–H groups in total. The van der Waals surface area contributed by atoms with Crippen LogP contribution >= 0.6 is 15.9 Å². The van der Waals surface area contributed by atoms with E-state index in [9.17, 15) is 19.2 Å². The van der Waals surface area contributed by atoms with Crippen molar-refractivity contribution < 1.29 is 38.1 Å². The van der Waals surface area contributed by atoms with Gasteiger partial charge in [0.05, 0.1) is 6.61 Å². The zero-order valence-electron chi connectivity index (χ0n) is 12.2. The molecule has 0 aromatic carbocycles. The predicted molar refractivity (Wildman–Crippen MR) is 73.5 cm³/mol. The van der Waals surface area contributed by atoms with Gasteiger partial charge >= 0.3 is 17.9 Å². The van der Waals surface area contributed by atoms with Crippen molar-refractivity contribution in [3.8, 4) is 0 Å². The molecule has 1 fully saturated rings. The summed E-state index contributed by atoms with van der Waals surface area (Å²) in [5.41, 5.74) is 5.26. The van der Waals surface area contributed by atoms with E-state index in [2.05, 4.69) is 15.9 Å². The molecule has 9 nitrogen and oxygen atoms in total. The van der Waals surface area contributed by atoms with Gasteiger partial charge in [-0.15, -0.1) is 0 Å². The summed E-state index contributed by atoms with van der Waals surface area (Å²) in [5.74, 6) is -3.13. The van der Waals surface area contributed by atoms with E-state index in [4.69, 9.17) is 24.7 Å². The highest BCUT2D eigenvalue weighted by molar-refractivity contribution is 9.10. The van der Waals surface area contributed by atoms with E-state index in [1.54, 1.807) is 0 Å². The first kappa shape index (κ1) is 18.4. The van der Waals surface area contributed by atoms with Gasteiger partial charge in [0.25, 0.3) is 5.91 Å². The molecule has 4 atom stereocenters. The molecule has 1 rings (SSSR count). The molecule has 0 spiro atoms. The van der Waals surface area contributed by atoms with Gasteiger partial charge in [0, 0.05) is 20.8 Å². The van der Waals surface area contributed by atoms with E-state index in [0.717, 1.165) is 20.8 Å². The lowest BCUT2D eigenvalue weighted by molar-refractivity contribution is -0.229. The number of esters is 3. The molecule has 0 aromatic rings. The molecule has 22 heavy (non-hydrogen) atoms. The molecule has 0 unspecified atom stereocenters. The van der Waals surface area contributed by atoms with E-state index in [-0.39, 0.29) is 6.61 Å². The Balaban J connectivity index is 3.21. The molecular weight excluding hydrogens is 366 g/mol. The fraction of sp³-hybridized carbons (Fsp3) is 0.667. The number of hydrogen-bond donors (Lipinski definition) is 1. The number of rotatable bonds is 4. The second-order valence-corrected chi connectivity index (χ2v) is 5.75. The number of amides is 1. The third-order valence-electron chi connectivity index (χ3n) is 2.74. The maximum Gasteiger partial charge on any atom is 0.303 e. The highest BCUT2D eigenvalue weighted by Gasteiger charge is 2.58. The largest absolute Gasteiger partial charge is 0.456 e. The Labute approximate surface area is 134 Å². The van der Waals surface area contributed by atoms with E-state index in [0.29, 0.717) is 0 Å². The van der Waals surface area contributed by atoms with Gasteiger partial charge in [0.15, 0.2) is 18.3 Å². The molecule has 1 aliphatic heterocycles. The van der Waals surface area contributed by atoms with Crippen LogP contribution in [-0.2, 0) is 38.1 Å². The first-order valence-electron chi connectivity index (χ1n) is 6.22. The summed E-state index contributed by atoms with van der Waals surface area (Å²) in [7, 11) is 0. The highest BCUT2D eigenvalue weighted by Crippen LogP contribution is 2.36. The Morgan fingerprint density at radius 3 is 1.95 bits per heavy atom. The number of ether oxygens (including phenoxy) is 4. The number of carbonyl (C=O) groups excluding carboxylic acids is 4. The molecule has 1 aliphatic rings. The summed E-state index contributed by atoms with van der Waals surface area (Å²) in [4.78, 5) is 45.3. The SMILES string of the molecule is CC(=O)O[C@@H]1[C@@H](OC(C)=O)[C@](Br)(C(N)=O)OC[C@H]1OC(C)=O. The van der Waals surface area contributed by atoms with Crippen molar-refractivity contribution >= 4 is 39.7 Å². The molecule has 10 heteroatoms. The van der Waals surface area contributed by atoms with Crippen LogP contribution < -0.4 is 5.73 Å². The van der Waals surface area contributed by atoms with Crippen LogP contribution in [0.2, 0.25) is 0 Å².